The molecule has 158 valence electrons. The Balaban J connectivity index is 1.49. The van der Waals surface area contributed by atoms with E-state index >= 15 is 0 Å². The number of aromatic nitrogens is 1. The lowest BCUT2D eigenvalue weighted by molar-refractivity contribution is 0.0765. The lowest BCUT2D eigenvalue weighted by Gasteiger charge is -2.17. The summed E-state index contributed by atoms with van der Waals surface area (Å²) in [5.41, 5.74) is 2.93. The summed E-state index contributed by atoms with van der Waals surface area (Å²) in [6, 6.07) is 16.1. The van der Waals surface area contributed by atoms with Gasteiger partial charge in [0.25, 0.3) is 5.91 Å². The van der Waals surface area contributed by atoms with E-state index < -0.39 is 11.7 Å². The number of methoxy groups -OCH3 is 1. The van der Waals surface area contributed by atoms with Crippen LogP contribution >= 0.6 is 0 Å². The van der Waals surface area contributed by atoms with Crippen molar-refractivity contribution in [3.05, 3.63) is 81.8 Å². The Morgan fingerprint density at radius 1 is 1.13 bits per heavy atom. The number of hydrogen-bond donors (Lipinski definition) is 1. The summed E-state index contributed by atoms with van der Waals surface area (Å²) < 4.78 is 12.5. The molecule has 31 heavy (non-hydrogen) atoms. The number of ether oxygens (including phenoxy) is 1. The lowest BCUT2D eigenvalue weighted by atomic mass is 9.96. The van der Waals surface area contributed by atoms with Crippen LogP contribution in [-0.2, 0) is 0 Å². The van der Waals surface area contributed by atoms with Gasteiger partial charge in [0, 0.05) is 36.3 Å². The highest BCUT2D eigenvalue weighted by Gasteiger charge is 2.35. The molecule has 1 fully saturated rings. The summed E-state index contributed by atoms with van der Waals surface area (Å²) >= 11 is 0. The van der Waals surface area contributed by atoms with E-state index in [-0.39, 0.29) is 18.4 Å². The first-order valence-corrected chi connectivity index (χ1v) is 10.1. The Hall–Kier alpha value is -3.58. The molecule has 2 aromatic heterocycles. The number of aliphatic hydroxyl groups excluding tert-OH is 1. The summed E-state index contributed by atoms with van der Waals surface area (Å²) in [4.78, 5) is 27.2. The molecule has 2 atom stereocenters. The molecule has 1 amide bonds. The molecule has 0 spiro atoms. The minimum atomic E-state index is -0.665. The van der Waals surface area contributed by atoms with E-state index in [1.54, 1.807) is 36.3 Å². The smallest absolute Gasteiger partial charge is 0.346 e. The Morgan fingerprint density at radius 2 is 1.97 bits per heavy atom. The standard InChI is InChI=1S/C24H22N2O5/c1-14-6-9-22-26(14)20-11-16(7-8-18(20)24(29)31-22)23(28)25-12-19(21(27)13-25)15-4-3-5-17(10-15)30-2/h3-11,19,21,27H,12-13H2,1-2H3/t19-,21+/m1/s1. The van der Waals surface area contributed by atoms with Gasteiger partial charge in [-0.05, 0) is 48.9 Å². The second-order valence-electron chi connectivity index (χ2n) is 7.93. The van der Waals surface area contributed by atoms with Crippen molar-refractivity contribution in [1.29, 1.82) is 0 Å². The van der Waals surface area contributed by atoms with Crippen molar-refractivity contribution in [1.82, 2.24) is 9.30 Å². The van der Waals surface area contributed by atoms with E-state index in [1.807, 2.05) is 41.7 Å². The number of aliphatic hydroxyl groups is 1. The molecular weight excluding hydrogens is 396 g/mol. The second-order valence-corrected chi connectivity index (χ2v) is 7.93. The van der Waals surface area contributed by atoms with Crippen LogP contribution in [0.5, 0.6) is 5.75 Å². The predicted octanol–water partition coefficient (Wildman–Crippen LogP) is 2.96. The molecule has 5 rings (SSSR count). The zero-order valence-electron chi connectivity index (χ0n) is 17.2. The molecule has 4 aromatic rings. The molecule has 1 aliphatic rings. The number of aryl methyl sites for hydroxylation is 1. The maximum atomic E-state index is 13.3. The van der Waals surface area contributed by atoms with Crippen molar-refractivity contribution in [2.75, 3.05) is 20.2 Å². The quantitative estimate of drug-likeness (QED) is 0.553. The molecule has 2 aromatic carbocycles. The maximum absolute atomic E-state index is 13.3. The highest BCUT2D eigenvalue weighted by molar-refractivity contribution is 5.98. The summed E-state index contributed by atoms with van der Waals surface area (Å²) in [7, 11) is 1.60. The van der Waals surface area contributed by atoms with E-state index in [4.69, 9.17) is 9.15 Å². The average molecular weight is 418 g/mol. The van der Waals surface area contributed by atoms with Gasteiger partial charge in [-0.15, -0.1) is 0 Å². The molecule has 0 radical (unpaired) electrons. The van der Waals surface area contributed by atoms with Gasteiger partial charge in [0.2, 0.25) is 5.71 Å². The van der Waals surface area contributed by atoms with Crippen LogP contribution in [0.3, 0.4) is 0 Å². The lowest BCUT2D eigenvalue weighted by Crippen LogP contribution is -2.29. The van der Waals surface area contributed by atoms with Crippen LogP contribution in [-0.4, -0.2) is 46.6 Å². The van der Waals surface area contributed by atoms with Crippen molar-refractivity contribution in [2.24, 2.45) is 0 Å². The molecule has 1 saturated heterocycles. The minimum Gasteiger partial charge on any atom is -0.497 e. The molecular formula is C24H22N2O5. The SMILES string of the molecule is COc1cccc([C@H]2CN(C(=O)c3ccc4c(=O)oc5ccc(C)n5c4c3)C[C@@H]2O)c1. The van der Waals surface area contributed by atoms with Crippen molar-refractivity contribution in [3.63, 3.8) is 0 Å². The highest BCUT2D eigenvalue weighted by atomic mass is 16.5. The molecule has 0 unspecified atom stereocenters. The molecule has 0 bridgehead atoms. The van der Waals surface area contributed by atoms with Crippen molar-refractivity contribution >= 4 is 22.5 Å². The number of nitrogens with zero attached hydrogens (tertiary/aromatic N) is 2. The zero-order valence-corrected chi connectivity index (χ0v) is 17.2. The van der Waals surface area contributed by atoms with E-state index in [1.165, 1.54) is 0 Å². The molecule has 1 N–H and O–H groups in total. The van der Waals surface area contributed by atoms with E-state index in [0.29, 0.717) is 34.5 Å². The fraction of sp³-hybridized carbons (Fsp3) is 0.250. The van der Waals surface area contributed by atoms with Crippen molar-refractivity contribution < 1.29 is 19.1 Å². The second kappa shape index (κ2) is 7.28. The van der Waals surface area contributed by atoms with Crippen LogP contribution in [0.15, 0.2) is 63.8 Å². The summed E-state index contributed by atoms with van der Waals surface area (Å²) in [6.07, 6.45) is -0.665. The van der Waals surface area contributed by atoms with Crippen LogP contribution in [0.1, 0.15) is 27.5 Å². The summed E-state index contributed by atoms with van der Waals surface area (Å²) in [5, 5.41) is 11.1. The third-order valence-electron chi connectivity index (χ3n) is 6.04. The predicted molar refractivity (Wildman–Crippen MR) is 116 cm³/mol. The molecule has 7 heteroatoms. The van der Waals surface area contributed by atoms with Crippen molar-refractivity contribution in [2.45, 2.75) is 18.9 Å². The Morgan fingerprint density at radius 3 is 2.77 bits per heavy atom. The first-order valence-electron chi connectivity index (χ1n) is 10.1. The van der Waals surface area contributed by atoms with Gasteiger partial charge in [0.05, 0.1) is 24.1 Å². The maximum Gasteiger partial charge on any atom is 0.346 e. The van der Waals surface area contributed by atoms with Crippen LogP contribution in [0.2, 0.25) is 0 Å². The Bertz CT molecular complexity index is 1370. The molecule has 1 aliphatic heterocycles. The number of likely N-dealkylation sites (tertiary alicyclic amines) is 1. The van der Waals surface area contributed by atoms with Gasteiger partial charge in [-0.2, -0.15) is 0 Å². The van der Waals surface area contributed by atoms with Gasteiger partial charge in [-0.3, -0.25) is 9.20 Å². The Kier molecular flexibility index (Phi) is 4.55. The first kappa shape index (κ1) is 19.4. The van der Waals surface area contributed by atoms with E-state index in [0.717, 1.165) is 11.3 Å². The van der Waals surface area contributed by atoms with Crippen LogP contribution in [0.4, 0.5) is 0 Å². The number of carbonyl (C=O) groups is 1. The fourth-order valence-electron chi connectivity index (χ4n) is 4.41. The minimum absolute atomic E-state index is 0.183. The normalized spacial score (nSPS) is 18.7. The van der Waals surface area contributed by atoms with Gasteiger partial charge in [-0.1, -0.05) is 12.1 Å². The van der Waals surface area contributed by atoms with Gasteiger partial charge in [0.15, 0.2) is 0 Å². The van der Waals surface area contributed by atoms with Gasteiger partial charge in [-0.25, -0.2) is 4.79 Å². The average Bonchev–Trinajstić information content (AvgIpc) is 3.35. The van der Waals surface area contributed by atoms with Gasteiger partial charge in [0.1, 0.15) is 5.75 Å². The summed E-state index contributed by atoms with van der Waals surface area (Å²) in [5.74, 6) is 0.344. The first-order chi connectivity index (χ1) is 15.0. The molecule has 7 nitrogen and oxygen atoms in total. The Labute approximate surface area is 178 Å². The number of amides is 1. The number of hydrogen-bond acceptors (Lipinski definition) is 5. The van der Waals surface area contributed by atoms with Gasteiger partial charge >= 0.3 is 5.63 Å². The van der Waals surface area contributed by atoms with Gasteiger partial charge < -0.3 is 19.2 Å². The number of carbonyl (C=O) groups excluding carboxylic acids is 1. The fourth-order valence-corrected chi connectivity index (χ4v) is 4.41. The largest absolute Gasteiger partial charge is 0.497 e. The van der Waals surface area contributed by atoms with Crippen molar-refractivity contribution in [3.8, 4) is 5.75 Å². The molecule has 0 aliphatic carbocycles. The third-order valence-corrected chi connectivity index (χ3v) is 6.04. The molecule has 3 heterocycles. The number of β-amino-alcohol motifs (C(OH)–C–C–N with tert-alkyl or cyclic N) is 1. The zero-order chi connectivity index (χ0) is 21.7. The number of fused-ring (bicyclic) bond motifs is 3. The number of benzene rings is 2. The number of rotatable bonds is 3. The topological polar surface area (TPSA) is 84.4 Å². The van der Waals surface area contributed by atoms with Crippen LogP contribution in [0, 0.1) is 6.92 Å². The third kappa shape index (κ3) is 3.18. The van der Waals surface area contributed by atoms with E-state index in [2.05, 4.69) is 0 Å². The van der Waals surface area contributed by atoms with Crippen LogP contribution in [0.25, 0.3) is 16.6 Å². The van der Waals surface area contributed by atoms with E-state index in [9.17, 15) is 14.7 Å². The monoisotopic (exact) mass is 418 g/mol. The molecule has 0 saturated carbocycles. The summed E-state index contributed by atoms with van der Waals surface area (Å²) in [6.45, 7) is 2.56. The van der Waals surface area contributed by atoms with Crippen LogP contribution < -0.4 is 10.4 Å². The highest BCUT2D eigenvalue weighted by Crippen LogP contribution is 2.31.